The van der Waals surface area contributed by atoms with Gasteiger partial charge in [0.1, 0.15) is 0 Å². The van der Waals surface area contributed by atoms with Crippen LogP contribution in [0, 0.1) is 0 Å². The average molecular weight is 750 g/mol. The molecule has 11 aromatic rings. The number of nitrogens with zero attached hydrogens (tertiary/aromatic N) is 3. The molecule has 3 aromatic heterocycles. The maximum Gasteiger partial charge on any atom is 0.164 e. The Morgan fingerprint density at radius 1 is 0.286 bits per heavy atom. The van der Waals surface area contributed by atoms with Crippen molar-refractivity contribution in [2.75, 3.05) is 0 Å². The van der Waals surface area contributed by atoms with Crippen molar-refractivity contribution >= 4 is 63.0 Å². The number of hydrogen-bond donors (Lipinski definition) is 0. The Bertz CT molecular complexity index is 3240. The minimum absolute atomic E-state index is 0.649. The average Bonchev–Trinajstić information content (AvgIpc) is 3.85. The maximum absolute atomic E-state index is 5.14. The topological polar surface area (TPSA) is 38.7 Å². The third kappa shape index (κ3) is 5.68. The first kappa shape index (κ1) is 32.6. The minimum atomic E-state index is 0.649. The lowest BCUT2D eigenvalue weighted by Gasteiger charge is -2.11. The van der Waals surface area contributed by atoms with Crippen LogP contribution in [0.3, 0.4) is 0 Å². The summed E-state index contributed by atoms with van der Waals surface area (Å²) in [5.74, 6) is 1.96. The summed E-state index contributed by atoms with van der Waals surface area (Å²) in [6.45, 7) is 0. The molecule has 5 heteroatoms. The first-order chi connectivity index (χ1) is 27.7. The Morgan fingerprint density at radius 3 is 1.61 bits per heavy atom. The van der Waals surface area contributed by atoms with E-state index >= 15 is 0 Å². The van der Waals surface area contributed by atoms with E-state index in [1.165, 1.54) is 62.6 Å². The molecule has 8 aromatic carbocycles. The molecule has 0 aliphatic heterocycles. The highest BCUT2D eigenvalue weighted by Crippen LogP contribution is 2.47. The monoisotopic (exact) mass is 749 g/mol. The molecule has 0 spiro atoms. The molecular formula is C51H31N3S2. The lowest BCUT2D eigenvalue weighted by Crippen LogP contribution is -2.00. The highest BCUT2D eigenvalue weighted by atomic mass is 32.1. The first-order valence-electron chi connectivity index (χ1n) is 18.7. The molecule has 0 N–H and O–H groups in total. The van der Waals surface area contributed by atoms with Crippen LogP contribution in [-0.2, 0) is 0 Å². The summed E-state index contributed by atoms with van der Waals surface area (Å²) in [7, 11) is 0. The van der Waals surface area contributed by atoms with Crippen LogP contribution in [0.1, 0.15) is 0 Å². The van der Waals surface area contributed by atoms with Crippen LogP contribution in [0.4, 0.5) is 0 Å². The van der Waals surface area contributed by atoms with Gasteiger partial charge in [0.25, 0.3) is 0 Å². The van der Waals surface area contributed by atoms with E-state index < -0.39 is 0 Å². The van der Waals surface area contributed by atoms with Crippen molar-refractivity contribution in [1.82, 2.24) is 15.0 Å². The molecule has 0 aliphatic rings. The predicted octanol–water partition coefficient (Wildman–Crippen LogP) is 14.6. The minimum Gasteiger partial charge on any atom is -0.208 e. The van der Waals surface area contributed by atoms with E-state index in [0.29, 0.717) is 17.5 Å². The molecule has 0 amide bonds. The maximum atomic E-state index is 5.14. The molecule has 0 bridgehead atoms. The molecule has 0 saturated carbocycles. The van der Waals surface area contributed by atoms with Crippen molar-refractivity contribution in [3.63, 3.8) is 0 Å². The van der Waals surface area contributed by atoms with E-state index in [1.807, 2.05) is 46.9 Å². The number of rotatable bonds is 6. The van der Waals surface area contributed by atoms with Crippen LogP contribution in [-0.4, -0.2) is 15.0 Å². The molecule has 0 radical (unpaired) electrons. The van der Waals surface area contributed by atoms with Gasteiger partial charge < -0.3 is 0 Å². The largest absolute Gasteiger partial charge is 0.208 e. The molecule has 11 rings (SSSR count). The van der Waals surface area contributed by atoms with Crippen molar-refractivity contribution in [3.05, 3.63) is 188 Å². The Morgan fingerprint density at radius 2 is 0.857 bits per heavy atom. The summed E-state index contributed by atoms with van der Waals surface area (Å²) in [4.78, 5) is 15.2. The Hall–Kier alpha value is -6.79. The highest BCUT2D eigenvalue weighted by Gasteiger charge is 2.19. The summed E-state index contributed by atoms with van der Waals surface area (Å²) < 4.78 is 5.08. The fraction of sp³-hybridized carbons (Fsp3) is 0. The van der Waals surface area contributed by atoms with Crippen molar-refractivity contribution in [2.24, 2.45) is 0 Å². The van der Waals surface area contributed by atoms with E-state index in [-0.39, 0.29) is 0 Å². The van der Waals surface area contributed by atoms with E-state index in [0.717, 1.165) is 27.8 Å². The van der Waals surface area contributed by atoms with Gasteiger partial charge in [-0.05, 0) is 64.2 Å². The van der Waals surface area contributed by atoms with Crippen molar-refractivity contribution in [1.29, 1.82) is 0 Å². The van der Waals surface area contributed by atoms with Crippen molar-refractivity contribution in [2.45, 2.75) is 0 Å². The molecular weight excluding hydrogens is 719 g/mol. The van der Waals surface area contributed by atoms with Crippen molar-refractivity contribution < 1.29 is 0 Å². The molecule has 3 heterocycles. The Kier molecular flexibility index (Phi) is 7.87. The van der Waals surface area contributed by atoms with E-state index in [9.17, 15) is 0 Å². The van der Waals surface area contributed by atoms with Crippen LogP contribution in [0.5, 0.6) is 0 Å². The second-order valence-electron chi connectivity index (χ2n) is 14.0. The second-order valence-corrected chi connectivity index (χ2v) is 16.1. The molecule has 0 saturated heterocycles. The summed E-state index contributed by atoms with van der Waals surface area (Å²) in [5, 5.41) is 5.12. The third-order valence-electron chi connectivity index (χ3n) is 10.5. The van der Waals surface area contributed by atoms with Crippen LogP contribution in [0.15, 0.2) is 188 Å². The highest BCUT2D eigenvalue weighted by molar-refractivity contribution is 7.27. The zero-order chi connectivity index (χ0) is 37.0. The van der Waals surface area contributed by atoms with Crippen LogP contribution < -0.4 is 0 Å². The number of benzene rings is 8. The summed E-state index contributed by atoms with van der Waals surface area (Å²) >= 11 is 3.71. The lowest BCUT2D eigenvalue weighted by atomic mass is 9.93. The van der Waals surface area contributed by atoms with Gasteiger partial charge in [0.15, 0.2) is 17.5 Å². The molecule has 0 atom stereocenters. The molecule has 0 unspecified atom stereocenters. The standard InChI is InChI=1S/C51H31N3S2/c1-4-14-32(15-5-1)35-20-12-21-36(28-35)50-52-49(34-18-8-3-9-19-34)53-51(54-50)37-26-27-41-46(31-37)55-45-25-13-23-40(47(41)45)43-30-38(33-16-6-2-7-17-33)29-42-39-22-10-11-24-44(39)56-48(42)43/h1-31H. The number of hydrogen-bond acceptors (Lipinski definition) is 5. The number of fused-ring (bicyclic) bond motifs is 6. The Balaban J connectivity index is 1.08. The van der Waals surface area contributed by atoms with Gasteiger partial charge in [-0.25, -0.2) is 15.0 Å². The quantitative estimate of drug-likeness (QED) is 0.170. The summed E-state index contributed by atoms with van der Waals surface area (Å²) in [6.07, 6.45) is 0. The second kappa shape index (κ2) is 13.5. The van der Waals surface area contributed by atoms with Crippen LogP contribution in [0.2, 0.25) is 0 Å². The molecule has 0 fully saturated rings. The van der Waals surface area contributed by atoms with Gasteiger partial charge >= 0.3 is 0 Å². The van der Waals surface area contributed by atoms with Gasteiger partial charge in [0, 0.05) is 62.6 Å². The van der Waals surface area contributed by atoms with E-state index in [4.69, 9.17) is 15.0 Å². The first-order valence-corrected chi connectivity index (χ1v) is 20.3. The van der Waals surface area contributed by atoms with Gasteiger partial charge in [0.05, 0.1) is 0 Å². The SMILES string of the molecule is c1ccc(-c2cccc(-c3nc(-c4ccccc4)nc(-c4ccc5c(c4)sc4cccc(-c6cc(-c7ccccc7)cc7c6sc6ccccc67)c45)n3)c2)cc1. The summed E-state index contributed by atoms with van der Waals surface area (Å²) in [5.41, 5.74) is 10.1. The van der Waals surface area contributed by atoms with Gasteiger partial charge in [-0.1, -0.05) is 152 Å². The van der Waals surface area contributed by atoms with Gasteiger partial charge in [0.2, 0.25) is 0 Å². The fourth-order valence-corrected chi connectivity index (χ4v) is 10.2. The molecule has 0 aliphatic carbocycles. The van der Waals surface area contributed by atoms with Gasteiger partial charge in [-0.2, -0.15) is 0 Å². The lowest BCUT2D eigenvalue weighted by molar-refractivity contribution is 1.07. The zero-order valence-electron chi connectivity index (χ0n) is 30.1. The van der Waals surface area contributed by atoms with Crippen molar-refractivity contribution in [3.8, 4) is 67.5 Å². The van der Waals surface area contributed by atoms with E-state index in [2.05, 4.69) is 164 Å². The normalized spacial score (nSPS) is 11.6. The zero-order valence-corrected chi connectivity index (χ0v) is 31.7. The molecule has 262 valence electrons. The third-order valence-corrected chi connectivity index (χ3v) is 12.9. The molecule has 56 heavy (non-hydrogen) atoms. The summed E-state index contributed by atoms with van der Waals surface area (Å²) in [6, 6.07) is 66.8. The van der Waals surface area contributed by atoms with Gasteiger partial charge in [-0.3, -0.25) is 0 Å². The predicted molar refractivity (Wildman–Crippen MR) is 238 cm³/mol. The smallest absolute Gasteiger partial charge is 0.164 e. The van der Waals surface area contributed by atoms with E-state index in [1.54, 1.807) is 0 Å². The van der Waals surface area contributed by atoms with Gasteiger partial charge in [-0.15, -0.1) is 22.7 Å². The number of thiophene rings is 2. The number of aromatic nitrogens is 3. The Labute approximate surface area is 331 Å². The van der Waals surface area contributed by atoms with Crippen LogP contribution in [0.25, 0.3) is 108 Å². The van der Waals surface area contributed by atoms with Crippen LogP contribution >= 0.6 is 22.7 Å². The molecule has 3 nitrogen and oxygen atoms in total. The fourth-order valence-electron chi connectivity index (χ4n) is 7.83.